The van der Waals surface area contributed by atoms with Crippen molar-refractivity contribution < 1.29 is 46.0 Å². The number of aliphatic hydroxyl groups is 4. The largest absolute Gasteiger partial charge is 0.404 e. The molecule has 1 aliphatic heterocycles. The monoisotopic (exact) mass is 1070 g/mol. The lowest BCUT2D eigenvalue weighted by molar-refractivity contribution is -0.205. The predicted molar refractivity (Wildman–Crippen MR) is 296 cm³/mol. The number of carbonyl (C=O) groups is 2. The molecule has 7 aliphatic rings. The Morgan fingerprint density at radius 2 is 1.11 bits per heavy atom. The van der Waals surface area contributed by atoms with Crippen molar-refractivity contribution in [2.45, 2.75) is 178 Å². The summed E-state index contributed by atoms with van der Waals surface area (Å²) in [7, 11) is 3.28. The predicted octanol–water partition coefficient (Wildman–Crippen LogP) is 10.3. The Hall–Kier alpha value is -1.46. The number of ketones is 2. The summed E-state index contributed by atoms with van der Waals surface area (Å²) in [6.45, 7) is 17.5. The van der Waals surface area contributed by atoms with E-state index < -0.39 is 32.0 Å². The van der Waals surface area contributed by atoms with Crippen LogP contribution in [0.25, 0.3) is 0 Å². The van der Waals surface area contributed by atoms with Crippen LogP contribution >= 0.6 is 0 Å². The van der Waals surface area contributed by atoms with Crippen LogP contribution in [-0.2, 0) is 54.2 Å². The molecule has 1 heterocycles. The molecule has 2 aromatic carbocycles. The van der Waals surface area contributed by atoms with E-state index >= 15 is 0 Å². The number of Topliss-reactive ketones (excluding diaryl/α,β-unsaturated/α-hetero) is 2. The Morgan fingerprint density at radius 3 is 1.53 bits per heavy atom. The highest BCUT2D eigenvalue weighted by atomic mass is 33.2. The molecule has 7 fully saturated rings. The standard InChI is InChI=1S/C32H42O3Si.C20H34O4.2CH3F.2CH4.S4/c1-5-30(3)20-27-31(4)23(16-18-32(22(2)29(30)34)19-17-26(33)28(31)32)21-36(35-27,24-12-8-6-9-13-24)25-14-10-7-11-15-25;1-5-18(3)10-15(23)19(4)13(11-21)6-8-20(12(2)17(18)24)9-7-14(22)16(19)20;2*1-2;;;1-3-4-2/h6-15,22-23,27-29,34H,5,16-21H2,1-4H3;12-13,15-17,21,23-24H,5-11H2,1-4H3;2*1H3;2*1H4;/t22-,23-,27+,28?,29-,30+,31-,32-;12-,13-,15+,16?,17-,18+,19-,20-;;;;;/m00...../s1/i;;;;2*1D;. The molecule has 7 nitrogen and oxygen atoms in total. The van der Waals surface area contributed by atoms with Crippen LogP contribution in [0.4, 0.5) is 8.78 Å². The quantitative estimate of drug-likeness (QED) is 0.217. The molecule has 0 aromatic heterocycles. The lowest BCUT2D eigenvalue weighted by Crippen LogP contribution is -2.74. The van der Waals surface area contributed by atoms with E-state index in [1.165, 1.54) is 42.9 Å². The minimum atomic E-state index is -2.56. The first-order valence-corrected chi connectivity index (χ1v) is 31.2. The zero-order chi connectivity index (χ0) is 54.7. The Labute approximate surface area is 441 Å². The number of aliphatic hydroxyl groups excluding tert-OH is 4. The minimum absolute atomic E-state index is 0.00153. The lowest BCUT2D eigenvalue weighted by atomic mass is 9.43. The van der Waals surface area contributed by atoms with E-state index in [0.717, 1.165) is 63.8 Å². The fourth-order valence-corrected chi connectivity index (χ4v) is 21.0. The first-order chi connectivity index (χ1) is 34.3. The zero-order valence-electron chi connectivity index (χ0n) is 46.3. The molecule has 4 N–H and O–H groups in total. The third-order valence-electron chi connectivity index (χ3n) is 20.5. The van der Waals surface area contributed by atoms with Crippen molar-refractivity contribution >= 4 is 70.4 Å². The average molecular weight is 1070 g/mol. The topological polar surface area (TPSA) is 124 Å². The van der Waals surface area contributed by atoms with E-state index in [2.05, 4.69) is 132 Å². The second-order valence-corrected chi connectivity index (χ2v) is 29.6. The summed E-state index contributed by atoms with van der Waals surface area (Å²) in [6, 6.07) is 22.9. The maximum atomic E-state index is 13.8. The molecule has 6 aliphatic carbocycles. The first-order valence-electron chi connectivity index (χ1n) is 27.1. The van der Waals surface area contributed by atoms with Crippen molar-refractivity contribution in [1.29, 1.82) is 0 Å². The molecule has 2 aromatic rings. The van der Waals surface area contributed by atoms with E-state index in [-0.39, 0.29) is 75.2 Å². The van der Waals surface area contributed by atoms with Crippen molar-refractivity contribution in [3.8, 4) is 0 Å². The van der Waals surface area contributed by atoms with E-state index in [4.69, 9.17) is 7.17 Å². The van der Waals surface area contributed by atoms with Crippen molar-refractivity contribution in [1.82, 2.24) is 0 Å². The smallest absolute Gasteiger partial charge is 0.256 e. The summed E-state index contributed by atoms with van der Waals surface area (Å²) in [5.74, 6) is 0.992. The summed E-state index contributed by atoms with van der Waals surface area (Å²) in [4.78, 5) is 26.7. The molecule has 2 unspecified atom stereocenters. The second kappa shape index (κ2) is 24.9. The molecule has 14 heteroatoms. The highest BCUT2D eigenvalue weighted by Crippen LogP contribution is 2.71. The number of carbonyl (C=O) groups excluding carboxylic acids is 2. The number of benzene rings is 2. The van der Waals surface area contributed by atoms with Crippen LogP contribution < -0.4 is 10.4 Å². The second-order valence-electron chi connectivity index (χ2n) is 22.6. The van der Waals surface area contributed by atoms with Crippen molar-refractivity contribution in [2.75, 3.05) is 21.0 Å². The third kappa shape index (κ3) is 10.2. The Kier molecular flexibility index (Phi) is 21.2. The van der Waals surface area contributed by atoms with Crippen LogP contribution in [0.2, 0.25) is 6.04 Å². The Bertz CT molecular complexity index is 2080. The third-order valence-corrected chi connectivity index (χ3v) is 27.0. The molecule has 9 rings (SSSR count). The number of alkyl halides is 2. The van der Waals surface area contributed by atoms with Gasteiger partial charge in [-0.15, -0.1) is 0 Å². The fourth-order valence-electron chi connectivity index (χ4n) is 16.2. The molecule has 6 saturated carbocycles. The number of halogens is 2. The highest BCUT2D eigenvalue weighted by molar-refractivity contribution is 8.51. The summed E-state index contributed by atoms with van der Waals surface area (Å²) >= 11 is 8.66. The van der Waals surface area contributed by atoms with Gasteiger partial charge in [0.05, 0.1) is 38.8 Å². The van der Waals surface area contributed by atoms with E-state index in [1.54, 1.807) is 0 Å². The molecule has 1 saturated heterocycles. The average Bonchev–Trinajstić information content (AvgIpc) is 3.98. The Morgan fingerprint density at radius 1 is 0.700 bits per heavy atom. The van der Waals surface area contributed by atoms with Crippen LogP contribution in [0.1, 0.15) is 150 Å². The number of rotatable bonds is 5. The number of hydrogen-bond donors (Lipinski definition) is 4. The summed E-state index contributed by atoms with van der Waals surface area (Å²) in [6.07, 6.45) is 8.22. The normalized spacial score (nSPS) is 41.8. The van der Waals surface area contributed by atoms with Gasteiger partial charge in [-0.1, -0.05) is 131 Å². The van der Waals surface area contributed by atoms with Gasteiger partial charge >= 0.3 is 0 Å². The fraction of sp³-hybridized carbons (Fsp3) is 0.750. The molecular weight excluding hydrogens is 979 g/mol. The molecule has 4 bridgehead atoms. The maximum Gasteiger partial charge on any atom is 0.256 e. The van der Waals surface area contributed by atoms with Gasteiger partial charge < -0.3 is 24.9 Å². The van der Waals surface area contributed by atoms with Crippen molar-refractivity contribution in [3.05, 3.63) is 60.7 Å². The molecule has 70 heavy (non-hydrogen) atoms. The van der Waals surface area contributed by atoms with Crippen LogP contribution in [0.5, 0.6) is 0 Å². The van der Waals surface area contributed by atoms with Gasteiger partial charge in [0, 0.05) is 85.0 Å². The summed E-state index contributed by atoms with van der Waals surface area (Å²) in [5, 5.41) is 47.0. The highest BCUT2D eigenvalue weighted by Gasteiger charge is 2.72. The molecule has 0 amide bonds. The number of hydrogen-bond acceptors (Lipinski definition) is 9. The van der Waals surface area contributed by atoms with Crippen LogP contribution in [0.3, 0.4) is 0 Å². The molecule has 16 atom stereocenters. The maximum absolute atomic E-state index is 13.8. The Balaban J connectivity index is 0.000000330. The van der Waals surface area contributed by atoms with Gasteiger partial charge in [-0.2, -0.15) is 0 Å². The van der Waals surface area contributed by atoms with E-state index in [1.807, 2.05) is 6.92 Å². The van der Waals surface area contributed by atoms with Gasteiger partial charge in [0.25, 0.3) is 8.32 Å². The van der Waals surface area contributed by atoms with Gasteiger partial charge in [0.1, 0.15) is 11.6 Å². The van der Waals surface area contributed by atoms with Gasteiger partial charge in [0.15, 0.2) is 0 Å². The summed E-state index contributed by atoms with van der Waals surface area (Å²) in [5.41, 5.74) is -1.69. The molecule has 0 radical (unpaired) electrons. The molecule has 398 valence electrons. The van der Waals surface area contributed by atoms with Crippen LogP contribution in [-0.4, -0.2) is 85.7 Å². The summed E-state index contributed by atoms with van der Waals surface area (Å²) < 4.78 is 38.2. The van der Waals surface area contributed by atoms with Crippen LogP contribution in [0.15, 0.2) is 60.7 Å². The SMILES string of the molecule is CC[C@]1(C)C[C@@H](O)[C@@]2(C)C3C(=O)CC[C@@]3(CC[C@H]2CO)[C@@H](C)[C@@H]1O.CC[C@]1(C)C[C@H]2O[Si](c3ccccc3)(c3ccccc3)C[C@@H]3CC[C@]4(CCC(=O)C4[C@@]32C)[C@@H](C)[C@@H]1O.CF.CF.S=S=S=S.[2H]C.[2H]C. The van der Waals surface area contributed by atoms with Gasteiger partial charge in [-0.3, -0.25) is 18.4 Å². The zero-order valence-corrected chi connectivity index (χ0v) is 48.6. The molecule has 0 spiro atoms. The lowest BCUT2D eigenvalue weighted by Gasteiger charge is -2.66. The van der Waals surface area contributed by atoms with Crippen molar-refractivity contribution in [2.24, 2.45) is 68.0 Å². The van der Waals surface area contributed by atoms with E-state index in [0.29, 0.717) is 45.3 Å². The van der Waals surface area contributed by atoms with Crippen molar-refractivity contribution in [3.63, 3.8) is 0 Å². The van der Waals surface area contributed by atoms with Crippen LogP contribution in [0, 0.1) is 68.0 Å². The van der Waals surface area contributed by atoms with Gasteiger partial charge in [-0.25, -0.2) is 0 Å². The molecular formula is C56H90F2O7S4Si. The minimum Gasteiger partial charge on any atom is -0.404 e. The van der Waals surface area contributed by atoms with Gasteiger partial charge in [0.2, 0.25) is 0 Å². The first kappa shape index (κ1) is 59.4. The van der Waals surface area contributed by atoms with Gasteiger partial charge in [-0.05, 0) is 126 Å². The van der Waals surface area contributed by atoms with E-state index in [9.17, 15) is 38.8 Å².